The smallest absolute Gasteiger partial charge is 0.224 e. The summed E-state index contributed by atoms with van der Waals surface area (Å²) in [6.07, 6.45) is 1.64. The summed E-state index contributed by atoms with van der Waals surface area (Å²) >= 11 is 1.66. The molecule has 0 spiro atoms. The molecule has 0 aliphatic rings. The predicted molar refractivity (Wildman–Crippen MR) is 117 cm³/mol. The molecular weight excluding hydrogens is 478 g/mol. The number of halogens is 2. The summed E-state index contributed by atoms with van der Waals surface area (Å²) < 4.78 is 19.1. The highest BCUT2D eigenvalue weighted by atomic mass is 127. The largest absolute Gasteiger partial charge is 0.439 e. The third-order valence-electron chi connectivity index (χ3n) is 3.57. The molecule has 0 bridgehead atoms. The van der Waals surface area contributed by atoms with Gasteiger partial charge in [0, 0.05) is 38.0 Å². The van der Waals surface area contributed by atoms with Crippen molar-refractivity contribution in [3.63, 3.8) is 0 Å². The van der Waals surface area contributed by atoms with E-state index in [1.165, 1.54) is 17.7 Å². The Labute approximate surface area is 178 Å². The number of aromatic nitrogens is 1. The molecule has 0 unspecified atom stereocenters. The van der Waals surface area contributed by atoms with Gasteiger partial charge in [-0.1, -0.05) is 12.1 Å². The molecule has 3 aromatic rings. The highest BCUT2D eigenvalue weighted by Crippen LogP contribution is 2.23. The van der Waals surface area contributed by atoms with E-state index in [9.17, 15) is 4.39 Å². The highest BCUT2D eigenvalue weighted by Gasteiger charge is 2.08. The number of hydrogen-bond donors (Lipinski definition) is 2. The summed E-state index contributed by atoms with van der Waals surface area (Å²) in [5.41, 5.74) is 2.05. The van der Waals surface area contributed by atoms with Crippen LogP contribution in [-0.2, 0) is 13.1 Å². The average molecular weight is 498 g/mol. The molecule has 27 heavy (non-hydrogen) atoms. The van der Waals surface area contributed by atoms with Crippen molar-refractivity contribution in [1.82, 2.24) is 15.6 Å². The zero-order valence-electron chi connectivity index (χ0n) is 14.7. The van der Waals surface area contributed by atoms with Gasteiger partial charge in [0.05, 0.1) is 0 Å². The van der Waals surface area contributed by atoms with E-state index in [1.807, 2.05) is 17.5 Å². The Bertz CT molecular complexity index is 874. The van der Waals surface area contributed by atoms with Crippen LogP contribution >= 0.6 is 35.3 Å². The molecular formula is C19H20FIN4OS. The van der Waals surface area contributed by atoms with E-state index >= 15 is 0 Å². The number of pyridine rings is 1. The van der Waals surface area contributed by atoms with Gasteiger partial charge in [-0.05, 0) is 40.6 Å². The first kappa shape index (κ1) is 21.1. The first-order valence-electron chi connectivity index (χ1n) is 8.07. The third-order valence-corrected chi connectivity index (χ3v) is 4.30. The maximum absolute atomic E-state index is 13.3. The van der Waals surface area contributed by atoms with Gasteiger partial charge in [-0.2, -0.15) is 11.3 Å². The molecule has 5 nitrogen and oxygen atoms in total. The SMILES string of the molecule is CN=C(NCc1ccsc1)NCc1cccnc1Oc1cccc(F)c1.I. The molecule has 8 heteroatoms. The van der Waals surface area contributed by atoms with Crippen LogP contribution in [0.1, 0.15) is 11.1 Å². The highest BCUT2D eigenvalue weighted by molar-refractivity contribution is 14.0. The van der Waals surface area contributed by atoms with Gasteiger partial charge in [0.1, 0.15) is 11.6 Å². The first-order valence-corrected chi connectivity index (χ1v) is 9.02. The van der Waals surface area contributed by atoms with Gasteiger partial charge < -0.3 is 15.4 Å². The van der Waals surface area contributed by atoms with Gasteiger partial charge in [-0.25, -0.2) is 9.37 Å². The van der Waals surface area contributed by atoms with E-state index in [0.29, 0.717) is 30.7 Å². The Balaban J connectivity index is 0.00000261. The first-order chi connectivity index (χ1) is 12.7. The number of rotatable bonds is 6. The summed E-state index contributed by atoms with van der Waals surface area (Å²) in [5, 5.41) is 10.6. The predicted octanol–water partition coefficient (Wildman–Crippen LogP) is 4.56. The minimum absolute atomic E-state index is 0. The summed E-state index contributed by atoms with van der Waals surface area (Å²) in [5.74, 6) is 1.16. The molecule has 3 rings (SSSR count). The van der Waals surface area contributed by atoms with Crippen LogP contribution < -0.4 is 15.4 Å². The molecule has 2 aromatic heterocycles. The van der Waals surface area contributed by atoms with Gasteiger partial charge >= 0.3 is 0 Å². The number of benzene rings is 1. The quantitative estimate of drug-likeness (QED) is 0.297. The van der Waals surface area contributed by atoms with Crippen molar-refractivity contribution in [2.24, 2.45) is 4.99 Å². The number of aliphatic imine (C=N–C) groups is 1. The molecule has 0 fully saturated rings. The minimum atomic E-state index is -0.351. The van der Waals surface area contributed by atoms with E-state index in [0.717, 1.165) is 5.56 Å². The number of thiophene rings is 1. The van der Waals surface area contributed by atoms with E-state index in [2.05, 4.69) is 32.1 Å². The molecule has 0 saturated carbocycles. The van der Waals surface area contributed by atoms with E-state index in [1.54, 1.807) is 36.7 Å². The number of ether oxygens (including phenoxy) is 1. The summed E-state index contributed by atoms with van der Waals surface area (Å²) in [4.78, 5) is 8.47. The van der Waals surface area contributed by atoms with Crippen molar-refractivity contribution < 1.29 is 9.13 Å². The van der Waals surface area contributed by atoms with Gasteiger partial charge in [0.15, 0.2) is 5.96 Å². The Morgan fingerprint density at radius 3 is 2.78 bits per heavy atom. The van der Waals surface area contributed by atoms with Gasteiger partial charge in [0.2, 0.25) is 5.88 Å². The Kier molecular flexibility index (Phi) is 8.46. The number of hydrogen-bond acceptors (Lipinski definition) is 4. The van der Waals surface area contributed by atoms with Crippen LogP contribution in [0, 0.1) is 5.82 Å². The molecule has 0 amide bonds. The number of guanidine groups is 1. The zero-order chi connectivity index (χ0) is 18.2. The third kappa shape index (κ3) is 6.47. The molecule has 0 saturated heterocycles. The van der Waals surface area contributed by atoms with Crippen LogP contribution in [0.2, 0.25) is 0 Å². The Morgan fingerprint density at radius 2 is 2.04 bits per heavy atom. The van der Waals surface area contributed by atoms with Crippen molar-refractivity contribution in [2.75, 3.05) is 7.05 Å². The van der Waals surface area contributed by atoms with E-state index in [4.69, 9.17) is 4.74 Å². The average Bonchev–Trinajstić information content (AvgIpc) is 3.17. The van der Waals surface area contributed by atoms with E-state index < -0.39 is 0 Å². The fourth-order valence-corrected chi connectivity index (χ4v) is 2.94. The summed E-state index contributed by atoms with van der Waals surface area (Å²) in [6.45, 7) is 1.17. The second kappa shape index (κ2) is 10.8. The fourth-order valence-electron chi connectivity index (χ4n) is 2.27. The van der Waals surface area contributed by atoms with Crippen LogP contribution in [0.15, 0.2) is 64.4 Å². The fraction of sp³-hybridized carbons (Fsp3) is 0.158. The molecule has 0 aliphatic carbocycles. The zero-order valence-corrected chi connectivity index (χ0v) is 17.8. The lowest BCUT2D eigenvalue weighted by Crippen LogP contribution is -2.36. The molecule has 0 aliphatic heterocycles. The van der Waals surface area contributed by atoms with Gasteiger partial charge in [-0.15, -0.1) is 24.0 Å². The lowest BCUT2D eigenvalue weighted by atomic mass is 10.2. The molecule has 0 atom stereocenters. The molecule has 1 aromatic carbocycles. The van der Waals surface area contributed by atoms with Crippen molar-refractivity contribution in [1.29, 1.82) is 0 Å². The van der Waals surface area contributed by atoms with Gasteiger partial charge in [-0.3, -0.25) is 4.99 Å². The molecule has 142 valence electrons. The van der Waals surface area contributed by atoms with Crippen LogP contribution in [0.3, 0.4) is 0 Å². The van der Waals surface area contributed by atoms with Crippen molar-refractivity contribution in [2.45, 2.75) is 13.1 Å². The molecule has 2 N–H and O–H groups in total. The molecule has 0 radical (unpaired) electrons. The Hall–Kier alpha value is -2.20. The monoisotopic (exact) mass is 498 g/mol. The lowest BCUT2D eigenvalue weighted by Gasteiger charge is -2.13. The standard InChI is InChI=1S/C19H19FN4OS.HI/c1-21-19(23-11-14-7-9-26-13-14)24-12-15-4-3-8-22-18(15)25-17-6-2-5-16(20)10-17;/h2-10,13H,11-12H2,1H3,(H2,21,23,24);1H. The van der Waals surface area contributed by atoms with Gasteiger partial charge in [0.25, 0.3) is 0 Å². The van der Waals surface area contributed by atoms with Crippen LogP contribution in [0.25, 0.3) is 0 Å². The maximum Gasteiger partial charge on any atom is 0.224 e. The van der Waals surface area contributed by atoms with Crippen LogP contribution in [0.4, 0.5) is 4.39 Å². The van der Waals surface area contributed by atoms with Crippen molar-refractivity contribution >= 4 is 41.3 Å². The second-order valence-corrected chi connectivity index (χ2v) is 6.22. The van der Waals surface area contributed by atoms with Crippen molar-refractivity contribution in [3.8, 4) is 11.6 Å². The lowest BCUT2D eigenvalue weighted by molar-refractivity contribution is 0.450. The number of nitrogens with one attached hydrogen (secondary N) is 2. The van der Waals surface area contributed by atoms with Crippen LogP contribution in [0.5, 0.6) is 11.6 Å². The molecule has 2 heterocycles. The van der Waals surface area contributed by atoms with E-state index in [-0.39, 0.29) is 29.8 Å². The minimum Gasteiger partial charge on any atom is -0.439 e. The summed E-state index contributed by atoms with van der Waals surface area (Å²) in [6, 6.07) is 11.8. The Morgan fingerprint density at radius 1 is 1.19 bits per heavy atom. The topological polar surface area (TPSA) is 58.5 Å². The normalized spacial score (nSPS) is 10.8. The van der Waals surface area contributed by atoms with Crippen molar-refractivity contribution in [3.05, 3.63) is 76.4 Å². The second-order valence-electron chi connectivity index (χ2n) is 5.44. The summed E-state index contributed by atoms with van der Waals surface area (Å²) in [7, 11) is 1.72. The number of nitrogens with zero attached hydrogens (tertiary/aromatic N) is 2. The maximum atomic E-state index is 13.3. The van der Waals surface area contributed by atoms with Crippen LogP contribution in [-0.4, -0.2) is 18.0 Å².